The van der Waals surface area contributed by atoms with Crippen molar-refractivity contribution in [1.82, 2.24) is 0 Å². The van der Waals surface area contributed by atoms with E-state index < -0.39 is 0 Å². The van der Waals surface area contributed by atoms with Crippen LogP contribution in [-0.2, 0) is 16.0 Å². The van der Waals surface area contributed by atoms with E-state index in [0.717, 1.165) is 44.9 Å². The Morgan fingerprint density at radius 1 is 1.10 bits per heavy atom. The van der Waals surface area contributed by atoms with Gasteiger partial charge in [0.2, 0.25) is 0 Å². The van der Waals surface area contributed by atoms with E-state index in [9.17, 15) is 9.90 Å². The number of aryl methyl sites for hydroxylation is 1. The zero-order valence-electron chi connectivity index (χ0n) is 18.1. The first-order valence-electron chi connectivity index (χ1n) is 11.3. The minimum absolute atomic E-state index is 0.0368. The highest BCUT2D eigenvalue weighted by Crippen LogP contribution is 2.36. The molecule has 0 amide bonds. The Kier molecular flexibility index (Phi) is 10.8. The number of allylic oxidation sites excluding steroid dienone is 4. The molecule has 1 aromatic rings. The van der Waals surface area contributed by atoms with Crippen molar-refractivity contribution in [3.8, 4) is 0 Å². The van der Waals surface area contributed by atoms with Gasteiger partial charge in [-0.05, 0) is 82.6 Å². The topological polar surface area (TPSA) is 46.5 Å². The number of unbranched alkanes of at least 4 members (excludes halogenated alkanes) is 2. The molecule has 0 bridgehead atoms. The Morgan fingerprint density at radius 3 is 2.62 bits per heavy atom. The summed E-state index contributed by atoms with van der Waals surface area (Å²) >= 11 is 0. The molecule has 1 saturated carbocycles. The van der Waals surface area contributed by atoms with E-state index in [2.05, 4.69) is 54.6 Å². The summed E-state index contributed by atoms with van der Waals surface area (Å²) in [5, 5.41) is 10.3. The van der Waals surface area contributed by atoms with Crippen molar-refractivity contribution in [3.05, 3.63) is 60.2 Å². The number of ether oxygens (including phenoxy) is 1. The molecule has 0 heterocycles. The SMILES string of the molecule is CC(C)OC(=O)CCC/C=C\C[C@H]1[C@@H](O)CC[C@@H]1/C=C/CCCc1ccccc1. The Morgan fingerprint density at radius 2 is 1.86 bits per heavy atom. The molecule has 3 nitrogen and oxygen atoms in total. The lowest BCUT2D eigenvalue weighted by atomic mass is 9.90. The van der Waals surface area contributed by atoms with Gasteiger partial charge in [-0.15, -0.1) is 0 Å². The van der Waals surface area contributed by atoms with Crippen LogP contribution in [0.4, 0.5) is 0 Å². The molecule has 29 heavy (non-hydrogen) atoms. The van der Waals surface area contributed by atoms with Gasteiger partial charge in [0.25, 0.3) is 0 Å². The van der Waals surface area contributed by atoms with Crippen LogP contribution < -0.4 is 0 Å². The van der Waals surface area contributed by atoms with Gasteiger partial charge in [0.15, 0.2) is 0 Å². The number of esters is 1. The summed E-state index contributed by atoms with van der Waals surface area (Å²) in [4.78, 5) is 11.5. The van der Waals surface area contributed by atoms with Crippen molar-refractivity contribution >= 4 is 5.97 Å². The average molecular weight is 399 g/mol. The molecule has 1 N–H and O–H groups in total. The van der Waals surface area contributed by atoms with Crippen LogP contribution in [0, 0.1) is 11.8 Å². The summed E-state index contributed by atoms with van der Waals surface area (Å²) in [5.74, 6) is 0.687. The first kappa shape index (κ1) is 23.4. The van der Waals surface area contributed by atoms with Gasteiger partial charge < -0.3 is 9.84 Å². The van der Waals surface area contributed by atoms with E-state index in [0.29, 0.717) is 18.3 Å². The van der Waals surface area contributed by atoms with Crippen molar-refractivity contribution in [3.63, 3.8) is 0 Å². The summed E-state index contributed by atoms with van der Waals surface area (Å²) in [6, 6.07) is 10.6. The van der Waals surface area contributed by atoms with Gasteiger partial charge in [0.1, 0.15) is 0 Å². The third-order valence-corrected chi connectivity index (χ3v) is 5.60. The highest BCUT2D eigenvalue weighted by molar-refractivity contribution is 5.69. The minimum atomic E-state index is -0.195. The van der Waals surface area contributed by atoms with E-state index in [-0.39, 0.29) is 18.2 Å². The smallest absolute Gasteiger partial charge is 0.306 e. The van der Waals surface area contributed by atoms with Gasteiger partial charge in [-0.1, -0.05) is 54.6 Å². The van der Waals surface area contributed by atoms with Crippen LogP contribution in [-0.4, -0.2) is 23.3 Å². The second-order valence-electron chi connectivity index (χ2n) is 8.42. The number of hydrogen-bond acceptors (Lipinski definition) is 3. The first-order valence-corrected chi connectivity index (χ1v) is 11.3. The average Bonchev–Trinajstić information content (AvgIpc) is 3.04. The lowest BCUT2D eigenvalue weighted by molar-refractivity contribution is -0.147. The maximum absolute atomic E-state index is 11.5. The van der Waals surface area contributed by atoms with Crippen LogP contribution in [0.5, 0.6) is 0 Å². The van der Waals surface area contributed by atoms with E-state index >= 15 is 0 Å². The number of benzene rings is 1. The van der Waals surface area contributed by atoms with Crippen LogP contribution in [0.25, 0.3) is 0 Å². The third kappa shape index (κ3) is 9.45. The van der Waals surface area contributed by atoms with Gasteiger partial charge in [-0.2, -0.15) is 0 Å². The predicted octanol–water partition coefficient (Wildman–Crippen LogP) is 6.02. The molecule has 1 aromatic carbocycles. The van der Waals surface area contributed by atoms with Crippen molar-refractivity contribution in [2.75, 3.05) is 0 Å². The van der Waals surface area contributed by atoms with Gasteiger partial charge in [0, 0.05) is 6.42 Å². The Labute approximate surface area is 176 Å². The van der Waals surface area contributed by atoms with Crippen LogP contribution >= 0.6 is 0 Å². The molecule has 3 heteroatoms. The molecule has 0 aliphatic heterocycles. The zero-order valence-corrected chi connectivity index (χ0v) is 18.1. The standard InChI is InChI=1S/C26H38O3/c1-21(2)29-26(28)18-12-4-3-11-17-24-23(19-20-25(24)27)16-10-6-9-15-22-13-7-5-8-14-22/h3,5,7-8,10-11,13-14,16,21,23-25,27H,4,6,9,12,15,17-20H2,1-2H3/b11-3-,16-10+/t23-,24+,25-/m0/s1. The number of carbonyl (C=O) groups excluding carboxylic acids is 1. The zero-order chi connectivity index (χ0) is 20.9. The predicted molar refractivity (Wildman–Crippen MR) is 120 cm³/mol. The minimum Gasteiger partial charge on any atom is -0.463 e. The summed E-state index contributed by atoms with van der Waals surface area (Å²) < 4.78 is 5.14. The summed E-state index contributed by atoms with van der Waals surface area (Å²) in [6.07, 6.45) is 17.2. The maximum Gasteiger partial charge on any atom is 0.306 e. The van der Waals surface area contributed by atoms with Crippen LogP contribution in [0.3, 0.4) is 0 Å². The number of hydrogen-bond donors (Lipinski definition) is 1. The molecule has 1 aliphatic carbocycles. The third-order valence-electron chi connectivity index (χ3n) is 5.60. The van der Waals surface area contributed by atoms with Crippen LogP contribution in [0.2, 0.25) is 0 Å². The van der Waals surface area contributed by atoms with Crippen molar-refractivity contribution in [2.24, 2.45) is 11.8 Å². The number of aliphatic hydroxyl groups is 1. The fraction of sp³-hybridized carbons (Fsp3) is 0.577. The fourth-order valence-corrected chi connectivity index (χ4v) is 4.04. The first-order chi connectivity index (χ1) is 14.1. The molecule has 1 fully saturated rings. The molecule has 2 rings (SSSR count). The molecule has 0 spiro atoms. The highest BCUT2D eigenvalue weighted by Gasteiger charge is 2.32. The molecule has 0 saturated heterocycles. The Balaban J connectivity index is 1.64. The van der Waals surface area contributed by atoms with Gasteiger partial charge >= 0.3 is 5.97 Å². The monoisotopic (exact) mass is 398 g/mol. The molecule has 0 radical (unpaired) electrons. The summed E-state index contributed by atoms with van der Waals surface area (Å²) in [7, 11) is 0. The molecule has 0 unspecified atom stereocenters. The molecule has 1 aliphatic rings. The largest absolute Gasteiger partial charge is 0.463 e. The quantitative estimate of drug-likeness (QED) is 0.266. The molecular formula is C26H38O3. The van der Waals surface area contributed by atoms with Crippen molar-refractivity contribution in [1.29, 1.82) is 0 Å². The van der Waals surface area contributed by atoms with E-state index in [4.69, 9.17) is 4.74 Å². The van der Waals surface area contributed by atoms with E-state index in [1.807, 2.05) is 13.8 Å². The van der Waals surface area contributed by atoms with Crippen LogP contribution in [0.1, 0.15) is 70.8 Å². The lowest BCUT2D eigenvalue weighted by Gasteiger charge is -2.17. The second-order valence-corrected chi connectivity index (χ2v) is 8.42. The Hall–Kier alpha value is -1.87. The molecular weight excluding hydrogens is 360 g/mol. The number of carbonyl (C=O) groups is 1. The normalized spacial score (nSPS) is 22.1. The Bertz CT molecular complexity index is 633. The van der Waals surface area contributed by atoms with E-state index in [1.54, 1.807) is 0 Å². The molecule has 0 aromatic heterocycles. The number of rotatable bonds is 12. The summed E-state index contributed by atoms with van der Waals surface area (Å²) in [6.45, 7) is 3.75. The second kappa shape index (κ2) is 13.4. The van der Waals surface area contributed by atoms with Crippen molar-refractivity contribution < 1.29 is 14.6 Å². The molecule has 160 valence electrons. The van der Waals surface area contributed by atoms with Crippen molar-refractivity contribution in [2.45, 2.75) is 83.8 Å². The van der Waals surface area contributed by atoms with Crippen LogP contribution in [0.15, 0.2) is 54.6 Å². The fourth-order valence-electron chi connectivity index (χ4n) is 4.04. The number of aliphatic hydroxyl groups excluding tert-OH is 1. The maximum atomic E-state index is 11.5. The van der Waals surface area contributed by atoms with Gasteiger partial charge in [-0.3, -0.25) is 4.79 Å². The molecule has 3 atom stereocenters. The van der Waals surface area contributed by atoms with Gasteiger partial charge in [-0.25, -0.2) is 0 Å². The van der Waals surface area contributed by atoms with E-state index in [1.165, 1.54) is 12.0 Å². The summed E-state index contributed by atoms with van der Waals surface area (Å²) in [5.41, 5.74) is 1.40. The van der Waals surface area contributed by atoms with Gasteiger partial charge in [0.05, 0.1) is 12.2 Å². The lowest BCUT2D eigenvalue weighted by Crippen LogP contribution is -2.17. The highest BCUT2D eigenvalue weighted by atomic mass is 16.5.